The summed E-state index contributed by atoms with van der Waals surface area (Å²) >= 11 is 62.3. The van der Waals surface area contributed by atoms with Gasteiger partial charge in [0, 0.05) is 33.2 Å². The first-order valence-corrected chi connectivity index (χ1v) is 23.4. The molecule has 0 atom stereocenters. The number of sulfonamides is 2. The van der Waals surface area contributed by atoms with Gasteiger partial charge in [-0.15, -0.1) is 0 Å². The number of hydrogen-bond acceptors (Lipinski definition) is 8. The first kappa shape index (κ1) is 46.7. The van der Waals surface area contributed by atoms with Crippen LogP contribution in [0.1, 0.15) is 12.8 Å². The third-order valence-electron chi connectivity index (χ3n) is 8.21. The van der Waals surface area contributed by atoms with E-state index in [0.717, 1.165) is 9.36 Å². The Morgan fingerprint density at radius 3 is 1.10 bits per heavy atom. The Morgan fingerprint density at radius 1 is 0.467 bits per heavy atom. The third-order valence-corrected chi connectivity index (χ3v) is 13.9. The number of anilines is 4. The zero-order valence-electron chi connectivity index (χ0n) is 29.5. The summed E-state index contributed by atoms with van der Waals surface area (Å²) in [5.41, 5.74) is -1.94. The van der Waals surface area contributed by atoms with Crippen molar-refractivity contribution in [2.24, 2.45) is 0 Å². The quantitative estimate of drug-likeness (QED) is 0.0547. The van der Waals surface area contributed by atoms with Crippen LogP contribution in [0.4, 0.5) is 23.0 Å². The predicted molar refractivity (Wildman–Crippen MR) is 242 cm³/mol. The number of benzene rings is 4. The van der Waals surface area contributed by atoms with Gasteiger partial charge in [-0.1, -0.05) is 116 Å². The van der Waals surface area contributed by atoms with Crippen LogP contribution in [-0.2, 0) is 20.0 Å². The van der Waals surface area contributed by atoms with Gasteiger partial charge in [-0.25, -0.2) is 35.6 Å². The lowest BCUT2D eigenvalue weighted by Crippen LogP contribution is -2.32. The van der Waals surface area contributed by atoms with Gasteiger partial charge >= 0.3 is 0 Å². The summed E-state index contributed by atoms with van der Waals surface area (Å²) < 4.78 is 61.4. The van der Waals surface area contributed by atoms with E-state index in [9.17, 15) is 26.4 Å². The van der Waals surface area contributed by atoms with E-state index in [1.807, 2.05) is 0 Å². The molecule has 0 unspecified atom stereocenters. The predicted octanol–water partition coefficient (Wildman–Crippen LogP) is 10.7. The Kier molecular flexibility index (Phi) is 14.7. The molecule has 318 valence electrons. The highest BCUT2D eigenvalue weighted by Crippen LogP contribution is 2.36. The number of aromatic amines is 2. The van der Waals surface area contributed by atoms with Gasteiger partial charge in [0.1, 0.15) is 23.0 Å². The third kappa shape index (κ3) is 10.2. The van der Waals surface area contributed by atoms with Crippen molar-refractivity contribution in [3.63, 3.8) is 0 Å². The lowest BCUT2D eigenvalue weighted by Gasteiger charge is -2.11. The molecule has 0 amide bonds. The van der Waals surface area contributed by atoms with E-state index in [1.54, 1.807) is 0 Å². The zero-order valence-corrected chi connectivity index (χ0v) is 38.7. The topological polar surface area (TPSA) is 192 Å². The number of hydrogen-bond donors (Lipinski definition) is 6. The van der Waals surface area contributed by atoms with Crippen molar-refractivity contribution in [3.05, 3.63) is 132 Å². The Labute approximate surface area is 390 Å². The molecule has 6 N–H and O–H groups in total. The molecular formula is C34H24Cl10N8O6S2. The number of aromatic nitrogens is 4. The van der Waals surface area contributed by atoms with Crippen LogP contribution < -0.4 is 31.2 Å². The van der Waals surface area contributed by atoms with Crippen molar-refractivity contribution in [3.8, 4) is 11.4 Å². The molecule has 0 spiro atoms. The second-order valence-electron chi connectivity index (χ2n) is 12.4. The molecule has 26 heteroatoms. The van der Waals surface area contributed by atoms with E-state index < -0.39 is 41.0 Å². The van der Waals surface area contributed by atoms with Gasteiger partial charge in [-0.3, -0.25) is 19.8 Å². The second kappa shape index (κ2) is 18.9. The molecule has 0 radical (unpaired) electrons. The standard InChI is InChI=1S/C34H24Cl10N8O6S2/c35-15-3-5-25(19(39)9-15)47-31-29(33(53)51(49-31)27-21(41)11-17(37)12-22(27)42)59(55,56)45-7-1-2-8-46-60(57,58)30-32(48-26-6-4-16(36)10-20(26)40)50-52(34(30)54)28-23(43)13-18(38)14-24(28)44/h3-6,9-14,45-50H,1-2,7-8H2. The molecule has 2 heterocycles. The first-order valence-electron chi connectivity index (χ1n) is 16.6. The van der Waals surface area contributed by atoms with Crippen molar-refractivity contribution < 1.29 is 16.8 Å². The van der Waals surface area contributed by atoms with Crippen LogP contribution in [0.5, 0.6) is 0 Å². The van der Waals surface area contributed by atoms with Crippen molar-refractivity contribution in [2.75, 3.05) is 23.7 Å². The zero-order chi connectivity index (χ0) is 43.8. The lowest BCUT2D eigenvalue weighted by atomic mass is 10.3. The van der Waals surface area contributed by atoms with Crippen LogP contribution >= 0.6 is 116 Å². The molecule has 0 fully saturated rings. The minimum atomic E-state index is -4.63. The average Bonchev–Trinajstić information content (AvgIpc) is 3.63. The molecule has 0 bridgehead atoms. The maximum Gasteiger partial charge on any atom is 0.293 e. The highest BCUT2D eigenvalue weighted by molar-refractivity contribution is 7.90. The fourth-order valence-corrected chi connectivity index (χ4v) is 11.0. The molecule has 0 aliphatic heterocycles. The highest BCUT2D eigenvalue weighted by Gasteiger charge is 2.31. The van der Waals surface area contributed by atoms with E-state index >= 15 is 0 Å². The van der Waals surface area contributed by atoms with Crippen molar-refractivity contribution >= 4 is 159 Å². The minimum Gasteiger partial charge on any atom is -0.338 e. The van der Waals surface area contributed by atoms with Gasteiger partial charge in [0.2, 0.25) is 20.0 Å². The van der Waals surface area contributed by atoms with Crippen molar-refractivity contribution in [1.29, 1.82) is 0 Å². The number of nitrogens with one attached hydrogen (secondary N) is 6. The van der Waals surface area contributed by atoms with Gasteiger partial charge < -0.3 is 10.6 Å². The summed E-state index contributed by atoms with van der Waals surface area (Å²) in [7, 11) is -9.25. The summed E-state index contributed by atoms with van der Waals surface area (Å²) in [6.45, 7) is -0.546. The van der Waals surface area contributed by atoms with Crippen LogP contribution in [0, 0.1) is 0 Å². The Hall–Kier alpha value is -2.78. The Morgan fingerprint density at radius 2 is 0.783 bits per heavy atom. The summed E-state index contributed by atoms with van der Waals surface area (Å²) in [6.07, 6.45) is 0.0830. The van der Waals surface area contributed by atoms with E-state index in [-0.39, 0.29) is 100 Å². The van der Waals surface area contributed by atoms with Crippen molar-refractivity contribution in [1.82, 2.24) is 29.0 Å². The Balaban J connectivity index is 1.22. The molecule has 6 aromatic rings. The van der Waals surface area contributed by atoms with E-state index in [1.165, 1.54) is 60.7 Å². The molecular weight excluding hydrogens is 1040 g/mol. The number of unbranched alkanes of at least 4 members (excludes halogenated alkanes) is 1. The number of H-pyrrole nitrogens is 2. The van der Waals surface area contributed by atoms with Gasteiger partial charge in [0.15, 0.2) is 9.79 Å². The Bertz CT molecular complexity index is 2760. The number of halogens is 10. The SMILES string of the molecule is O=c1c(S(=O)(=O)NCCCCNS(=O)(=O)c2c(Nc3ccc(Cl)cc3Cl)[nH]n(-c3c(Cl)cc(Cl)cc3Cl)c2=O)c(Nc2ccc(Cl)cc2Cl)[nH]n1-c1c(Cl)cc(Cl)cc1Cl. The van der Waals surface area contributed by atoms with Gasteiger partial charge in [-0.05, 0) is 73.5 Å². The number of rotatable bonds is 15. The summed E-state index contributed by atoms with van der Waals surface area (Å²) in [6, 6.07) is 13.9. The normalized spacial score (nSPS) is 12.0. The van der Waals surface area contributed by atoms with E-state index in [0.29, 0.717) is 10.0 Å². The fraction of sp³-hybridized carbons (Fsp3) is 0.118. The maximum absolute atomic E-state index is 13.8. The summed E-state index contributed by atoms with van der Waals surface area (Å²) in [5, 5.41) is 11.8. The minimum absolute atomic E-state index is 0.0415. The van der Waals surface area contributed by atoms with Crippen LogP contribution in [0.15, 0.2) is 80.0 Å². The smallest absolute Gasteiger partial charge is 0.293 e. The molecule has 0 aliphatic rings. The first-order chi connectivity index (χ1) is 28.2. The lowest BCUT2D eigenvalue weighted by molar-refractivity contribution is 0.566. The highest BCUT2D eigenvalue weighted by atomic mass is 35.5. The van der Waals surface area contributed by atoms with Crippen LogP contribution in [0.2, 0.25) is 50.2 Å². The van der Waals surface area contributed by atoms with Crippen LogP contribution in [0.25, 0.3) is 11.4 Å². The maximum atomic E-state index is 13.8. The molecule has 14 nitrogen and oxygen atoms in total. The van der Waals surface area contributed by atoms with Crippen molar-refractivity contribution in [2.45, 2.75) is 22.6 Å². The number of nitrogens with zero attached hydrogens (tertiary/aromatic N) is 2. The van der Waals surface area contributed by atoms with E-state index in [2.05, 4.69) is 30.3 Å². The summed E-state index contributed by atoms with van der Waals surface area (Å²) in [4.78, 5) is 26.1. The molecule has 0 saturated heterocycles. The largest absolute Gasteiger partial charge is 0.338 e. The van der Waals surface area contributed by atoms with Gasteiger partial charge in [0.25, 0.3) is 11.1 Å². The molecule has 0 aliphatic carbocycles. The molecule has 0 saturated carbocycles. The van der Waals surface area contributed by atoms with Crippen LogP contribution in [-0.4, -0.2) is 49.5 Å². The average molecular weight is 1060 g/mol. The van der Waals surface area contributed by atoms with E-state index in [4.69, 9.17) is 116 Å². The molecule has 60 heavy (non-hydrogen) atoms. The second-order valence-corrected chi connectivity index (χ2v) is 19.9. The van der Waals surface area contributed by atoms with Gasteiger partial charge in [0.05, 0.1) is 41.5 Å². The summed E-state index contributed by atoms with van der Waals surface area (Å²) in [5.74, 6) is -0.622. The van der Waals surface area contributed by atoms with Gasteiger partial charge in [-0.2, -0.15) is 0 Å². The van der Waals surface area contributed by atoms with Crippen LogP contribution in [0.3, 0.4) is 0 Å². The molecule has 2 aromatic heterocycles. The molecule has 6 rings (SSSR count). The fourth-order valence-electron chi connectivity index (χ4n) is 5.58. The monoisotopic (exact) mass is 1050 g/mol. The molecule has 4 aromatic carbocycles.